The summed E-state index contributed by atoms with van der Waals surface area (Å²) in [6, 6.07) is 11.0. The van der Waals surface area contributed by atoms with Gasteiger partial charge in [0.05, 0.1) is 4.90 Å². The number of primary sulfonamides is 1. The van der Waals surface area contributed by atoms with E-state index in [4.69, 9.17) is 14.3 Å². The van der Waals surface area contributed by atoms with Crippen LogP contribution in [0.1, 0.15) is 30.5 Å². The molecule has 1 atom stereocenters. The number of hydrogen-bond acceptors (Lipinski definition) is 6. The first-order valence-electron chi connectivity index (χ1n) is 9.72. The summed E-state index contributed by atoms with van der Waals surface area (Å²) in [6.07, 6.45) is -0.112. The zero-order valence-electron chi connectivity index (χ0n) is 17.5. The fourth-order valence-electron chi connectivity index (χ4n) is 3.20. The van der Waals surface area contributed by atoms with Gasteiger partial charge in [0.2, 0.25) is 10.0 Å². The van der Waals surface area contributed by atoms with Crippen molar-refractivity contribution in [1.29, 1.82) is 0 Å². The van der Waals surface area contributed by atoms with Gasteiger partial charge in [-0.3, -0.25) is 4.79 Å². The molecule has 1 heterocycles. The van der Waals surface area contributed by atoms with E-state index in [0.29, 0.717) is 28.9 Å². The van der Waals surface area contributed by atoms with Gasteiger partial charge in [-0.2, -0.15) is 0 Å². The van der Waals surface area contributed by atoms with E-state index in [0.717, 1.165) is 10.9 Å². The molecule has 31 heavy (non-hydrogen) atoms. The van der Waals surface area contributed by atoms with Crippen molar-refractivity contribution in [3.63, 3.8) is 0 Å². The highest BCUT2D eigenvalue weighted by Gasteiger charge is 2.18. The minimum absolute atomic E-state index is 0.00365. The van der Waals surface area contributed by atoms with Crippen LogP contribution in [0.5, 0.6) is 5.75 Å². The van der Waals surface area contributed by atoms with Crippen LogP contribution in [0, 0.1) is 6.92 Å². The summed E-state index contributed by atoms with van der Waals surface area (Å²) in [5, 5.41) is 8.66. The van der Waals surface area contributed by atoms with E-state index in [-0.39, 0.29) is 17.3 Å². The van der Waals surface area contributed by atoms with Gasteiger partial charge in [0.15, 0.2) is 6.10 Å². The molecule has 164 valence electrons. The Kier molecular flexibility index (Phi) is 6.47. The molecule has 0 bridgehead atoms. The van der Waals surface area contributed by atoms with Crippen LogP contribution in [0.2, 0.25) is 0 Å². The molecule has 8 nitrogen and oxygen atoms in total. The number of fused-ring (bicyclic) bond motifs is 1. The number of ether oxygens (including phenoxy) is 1. The van der Waals surface area contributed by atoms with E-state index in [2.05, 4.69) is 5.32 Å². The maximum atomic E-state index is 12.5. The van der Waals surface area contributed by atoms with Crippen molar-refractivity contribution in [2.45, 2.75) is 44.7 Å². The number of amides is 1. The number of hydrogen-bond donors (Lipinski definition) is 2. The molecule has 1 amide bonds. The van der Waals surface area contributed by atoms with Crippen LogP contribution < -0.4 is 20.8 Å². The van der Waals surface area contributed by atoms with E-state index < -0.39 is 21.8 Å². The Hall–Kier alpha value is -3.17. The topological polar surface area (TPSA) is 129 Å². The molecule has 9 heteroatoms. The predicted octanol–water partition coefficient (Wildman–Crippen LogP) is 2.39. The number of nitrogens with one attached hydrogen (secondary N) is 1. The number of aryl methyl sites for hydroxylation is 2. The quantitative estimate of drug-likeness (QED) is 0.539. The molecular formula is C22H24N2O6S. The number of carbonyl (C=O) groups is 1. The molecule has 0 aliphatic heterocycles. The lowest BCUT2D eigenvalue weighted by molar-refractivity contribution is -0.127. The average molecular weight is 445 g/mol. The summed E-state index contributed by atoms with van der Waals surface area (Å²) in [5.74, 6) is 0.0999. The van der Waals surface area contributed by atoms with Gasteiger partial charge in [0, 0.05) is 23.6 Å². The molecule has 0 spiro atoms. The Morgan fingerprint density at radius 1 is 1.19 bits per heavy atom. The fourth-order valence-corrected chi connectivity index (χ4v) is 3.72. The monoisotopic (exact) mass is 444 g/mol. The molecule has 0 aliphatic carbocycles. The molecule has 3 rings (SSSR count). The van der Waals surface area contributed by atoms with Gasteiger partial charge in [-0.05, 0) is 55.7 Å². The van der Waals surface area contributed by atoms with Gasteiger partial charge >= 0.3 is 5.63 Å². The molecular weight excluding hydrogens is 420 g/mol. The lowest BCUT2D eigenvalue weighted by Crippen LogP contribution is -2.36. The van der Waals surface area contributed by atoms with Crippen molar-refractivity contribution in [2.24, 2.45) is 5.14 Å². The normalized spacial score (nSPS) is 12.5. The molecule has 0 unspecified atom stereocenters. The second-order valence-electron chi connectivity index (χ2n) is 7.18. The van der Waals surface area contributed by atoms with E-state index in [1.165, 1.54) is 18.2 Å². The molecule has 0 aliphatic rings. The van der Waals surface area contributed by atoms with Crippen LogP contribution in [0.25, 0.3) is 11.0 Å². The maximum Gasteiger partial charge on any atom is 0.336 e. The average Bonchev–Trinajstić information content (AvgIpc) is 2.73. The Balaban J connectivity index is 1.70. The number of nitrogens with two attached hydrogens (primary N) is 1. The summed E-state index contributed by atoms with van der Waals surface area (Å²) in [4.78, 5) is 24.3. The Labute approximate surface area is 180 Å². The number of carbonyl (C=O) groups excluding carboxylic acids is 1. The summed E-state index contributed by atoms with van der Waals surface area (Å²) >= 11 is 0. The van der Waals surface area contributed by atoms with Crippen LogP contribution in [-0.4, -0.2) is 20.4 Å². The fraction of sp³-hybridized carbons (Fsp3) is 0.273. The molecule has 0 saturated heterocycles. The van der Waals surface area contributed by atoms with E-state index >= 15 is 0 Å². The van der Waals surface area contributed by atoms with Gasteiger partial charge in [-0.1, -0.05) is 19.1 Å². The van der Waals surface area contributed by atoms with Crippen LogP contribution in [0.15, 0.2) is 56.6 Å². The number of benzene rings is 2. The van der Waals surface area contributed by atoms with Crippen LogP contribution in [-0.2, 0) is 27.8 Å². The van der Waals surface area contributed by atoms with Crippen LogP contribution in [0.3, 0.4) is 0 Å². The molecule has 0 fully saturated rings. The van der Waals surface area contributed by atoms with E-state index in [1.54, 1.807) is 32.0 Å². The highest BCUT2D eigenvalue weighted by Crippen LogP contribution is 2.29. The van der Waals surface area contributed by atoms with Crippen molar-refractivity contribution in [1.82, 2.24) is 5.32 Å². The first kappa shape index (κ1) is 22.5. The minimum Gasteiger partial charge on any atom is -0.480 e. The summed E-state index contributed by atoms with van der Waals surface area (Å²) in [6.45, 7) is 5.55. The first-order chi connectivity index (χ1) is 14.6. The molecule has 3 N–H and O–H groups in total. The lowest BCUT2D eigenvalue weighted by Gasteiger charge is -2.17. The summed E-state index contributed by atoms with van der Waals surface area (Å²) in [7, 11) is -3.76. The Morgan fingerprint density at radius 2 is 1.87 bits per heavy atom. The van der Waals surface area contributed by atoms with Crippen molar-refractivity contribution < 1.29 is 22.4 Å². The highest BCUT2D eigenvalue weighted by atomic mass is 32.2. The van der Waals surface area contributed by atoms with Crippen LogP contribution in [0.4, 0.5) is 0 Å². The van der Waals surface area contributed by atoms with Crippen LogP contribution >= 0.6 is 0 Å². The summed E-state index contributed by atoms with van der Waals surface area (Å²) in [5.41, 5.74) is 2.26. The zero-order chi connectivity index (χ0) is 22.8. The van der Waals surface area contributed by atoms with Crippen molar-refractivity contribution in [3.8, 4) is 5.75 Å². The molecule has 1 aromatic heterocycles. The second-order valence-corrected chi connectivity index (χ2v) is 8.74. The van der Waals surface area contributed by atoms with Gasteiger partial charge in [0.25, 0.3) is 5.91 Å². The van der Waals surface area contributed by atoms with E-state index in [1.807, 2.05) is 13.0 Å². The largest absolute Gasteiger partial charge is 0.480 e. The van der Waals surface area contributed by atoms with Crippen molar-refractivity contribution in [2.75, 3.05) is 0 Å². The first-order valence-corrected chi connectivity index (χ1v) is 11.3. The van der Waals surface area contributed by atoms with Gasteiger partial charge < -0.3 is 14.5 Å². The van der Waals surface area contributed by atoms with Crippen molar-refractivity contribution in [3.05, 3.63) is 69.6 Å². The summed E-state index contributed by atoms with van der Waals surface area (Å²) < 4.78 is 33.8. The number of sulfonamides is 1. The standard InChI is InChI=1S/C22H24N2O6S/c1-4-16-11-20(25)30-21-13(2)19(10-9-18(16)21)29-14(3)22(26)24-12-15-5-7-17(8-6-15)31(23,27)28/h5-11,14H,4,12H2,1-3H3,(H,24,26)(H2,23,27,28)/t14-/m0/s1. The third kappa shape index (κ3) is 5.12. The lowest BCUT2D eigenvalue weighted by atomic mass is 10.0. The van der Waals surface area contributed by atoms with Gasteiger partial charge in [0.1, 0.15) is 11.3 Å². The maximum absolute atomic E-state index is 12.5. The second kappa shape index (κ2) is 8.91. The molecule has 0 radical (unpaired) electrons. The third-order valence-electron chi connectivity index (χ3n) is 4.97. The predicted molar refractivity (Wildman–Crippen MR) is 116 cm³/mol. The minimum atomic E-state index is -3.76. The Morgan fingerprint density at radius 3 is 2.48 bits per heavy atom. The SMILES string of the molecule is CCc1cc(=O)oc2c(C)c(O[C@@H](C)C(=O)NCc3ccc(S(N)(=O)=O)cc3)ccc12. The van der Waals surface area contributed by atoms with Crippen molar-refractivity contribution >= 4 is 26.9 Å². The zero-order valence-corrected chi connectivity index (χ0v) is 18.3. The smallest absolute Gasteiger partial charge is 0.336 e. The van der Waals surface area contributed by atoms with E-state index in [9.17, 15) is 18.0 Å². The van der Waals surface area contributed by atoms with Gasteiger partial charge in [-0.25, -0.2) is 18.4 Å². The molecule has 2 aromatic carbocycles. The van der Waals surface area contributed by atoms with Gasteiger partial charge in [-0.15, -0.1) is 0 Å². The molecule has 0 saturated carbocycles. The molecule has 3 aromatic rings. The highest BCUT2D eigenvalue weighted by molar-refractivity contribution is 7.89. The Bertz CT molecular complexity index is 1280. The number of rotatable bonds is 7. The third-order valence-corrected chi connectivity index (χ3v) is 5.90.